The summed E-state index contributed by atoms with van der Waals surface area (Å²) in [6.07, 6.45) is 6.15. The predicted octanol–water partition coefficient (Wildman–Crippen LogP) is 2.40. The van der Waals surface area contributed by atoms with Crippen LogP contribution in [0.15, 0.2) is 24.5 Å². The maximum atomic E-state index is 5.97. The van der Waals surface area contributed by atoms with Crippen molar-refractivity contribution >= 4 is 0 Å². The van der Waals surface area contributed by atoms with Crippen molar-refractivity contribution in [2.75, 3.05) is 13.2 Å². The van der Waals surface area contributed by atoms with Gasteiger partial charge >= 0.3 is 0 Å². The lowest BCUT2D eigenvalue weighted by molar-refractivity contribution is 0.0161. The Kier molecular flexibility index (Phi) is 4.77. The minimum absolute atomic E-state index is 0.146. The van der Waals surface area contributed by atoms with E-state index in [4.69, 9.17) is 9.47 Å². The number of nitrogens with one attached hydrogen (secondary N) is 1. The molecule has 0 spiro atoms. The molecule has 0 amide bonds. The van der Waals surface area contributed by atoms with Gasteiger partial charge in [-0.25, -0.2) is 0 Å². The summed E-state index contributed by atoms with van der Waals surface area (Å²) in [4.78, 5) is 4.03. The van der Waals surface area contributed by atoms with Crippen LogP contribution < -0.4 is 10.1 Å². The molecule has 1 aromatic heterocycles. The molecule has 1 aromatic rings. The van der Waals surface area contributed by atoms with Gasteiger partial charge in [-0.05, 0) is 45.7 Å². The Morgan fingerprint density at radius 1 is 1.37 bits per heavy atom. The lowest BCUT2D eigenvalue weighted by atomic mass is 10.1. The standard InChI is InChI=1S/C15H24N2O2/c1-15(2,3)17-10-13-6-7-14(19-13)11-18-12-5-4-8-16-9-12/h4-5,8-9,13-14,17H,6-7,10-11H2,1-3H3. The first-order valence-electron chi connectivity index (χ1n) is 6.96. The van der Waals surface area contributed by atoms with Gasteiger partial charge in [-0.15, -0.1) is 0 Å². The number of nitrogens with zero attached hydrogens (tertiary/aromatic N) is 1. The predicted molar refractivity (Wildman–Crippen MR) is 75.4 cm³/mol. The molecule has 4 nitrogen and oxygen atoms in total. The van der Waals surface area contributed by atoms with Crippen molar-refractivity contribution in [1.82, 2.24) is 10.3 Å². The summed E-state index contributed by atoms with van der Waals surface area (Å²) in [6.45, 7) is 8.03. The summed E-state index contributed by atoms with van der Waals surface area (Å²) < 4.78 is 11.6. The second-order valence-corrected chi connectivity index (χ2v) is 6.09. The highest BCUT2D eigenvalue weighted by atomic mass is 16.5. The van der Waals surface area contributed by atoms with E-state index < -0.39 is 0 Å². The molecule has 2 unspecified atom stereocenters. The van der Waals surface area contributed by atoms with Crippen molar-refractivity contribution in [3.8, 4) is 5.75 Å². The maximum absolute atomic E-state index is 5.97. The lowest BCUT2D eigenvalue weighted by Gasteiger charge is -2.23. The van der Waals surface area contributed by atoms with Crippen molar-refractivity contribution in [2.45, 2.75) is 51.4 Å². The van der Waals surface area contributed by atoms with Gasteiger partial charge in [0.2, 0.25) is 0 Å². The largest absolute Gasteiger partial charge is 0.489 e. The van der Waals surface area contributed by atoms with E-state index in [0.717, 1.165) is 25.1 Å². The van der Waals surface area contributed by atoms with Crippen LogP contribution in [0, 0.1) is 0 Å². The molecule has 19 heavy (non-hydrogen) atoms. The average molecular weight is 264 g/mol. The molecular formula is C15H24N2O2. The van der Waals surface area contributed by atoms with Crippen LogP contribution in [0.4, 0.5) is 0 Å². The van der Waals surface area contributed by atoms with E-state index in [1.54, 1.807) is 12.4 Å². The normalized spacial score (nSPS) is 23.5. The van der Waals surface area contributed by atoms with Gasteiger partial charge in [-0.3, -0.25) is 4.98 Å². The summed E-state index contributed by atoms with van der Waals surface area (Å²) >= 11 is 0. The Bertz CT molecular complexity index is 375. The first-order valence-corrected chi connectivity index (χ1v) is 6.96. The zero-order valence-corrected chi connectivity index (χ0v) is 12.1. The fraction of sp³-hybridized carbons (Fsp3) is 0.667. The van der Waals surface area contributed by atoms with E-state index in [1.807, 2.05) is 12.1 Å². The van der Waals surface area contributed by atoms with Gasteiger partial charge in [-0.2, -0.15) is 0 Å². The van der Waals surface area contributed by atoms with Gasteiger partial charge < -0.3 is 14.8 Å². The second-order valence-electron chi connectivity index (χ2n) is 6.09. The topological polar surface area (TPSA) is 43.4 Å². The number of hydrogen-bond donors (Lipinski definition) is 1. The second kappa shape index (κ2) is 6.35. The number of pyridine rings is 1. The van der Waals surface area contributed by atoms with Crippen LogP contribution in [0.1, 0.15) is 33.6 Å². The van der Waals surface area contributed by atoms with Gasteiger partial charge in [-0.1, -0.05) is 0 Å². The van der Waals surface area contributed by atoms with E-state index >= 15 is 0 Å². The molecule has 106 valence electrons. The van der Waals surface area contributed by atoms with Crippen LogP contribution in [0.3, 0.4) is 0 Å². The van der Waals surface area contributed by atoms with Crippen LogP contribution >= 0.6 is 0 Å². The quantitative estimate of drug-likeness (QED) is 0.887. The molecular weight excluding hydrogens is 240 g/mol. The Morgan fingerprint density at radius 3 is 2.84 bits per heavy atom. The van der Waals surface area contributed by atoms with Crippen LogP contribution in [0.25, 0.3) is 0 Å². The average Bonchev–Trinajstić information content (AvgIpc) is 2.82. The van der Waals surface area contributed by atoms with Crippen LogP contribution in [0.2, 0.25) is 0 Å². The Labute approximate surface area is 115 Å². The van der Waals surface area contributed by atoms with Crippen molar-refractivity contribution in [3.05, 3.63) is 24.5 Å². The lowest BCUT2D eigenvalue weighted by Crippen LogP contribution is -2.41. The van der Waals surface area contributed by atoms with E-state index in [0.29, 0.717) is 12.7 Å². The zero-order chi connectivity index (χ0) is 13.7. The van der Waals surface area contributed by atoms with Crippen molar-refractivity contribution < 1.29 is 9.47 Å². The molecule has 0 saturated carbocycles. The highest BCUT2D eigenvalue weighted by Crippen LogP contribution is 2.21. The summed E-state index contributed by atoms with van der Waals surface area (Å²) in [5.74, 6) is 0.808. The van der Waals surface area contributed by atoms with Crippen molar-refractivity contribution in [2.24, 2.45) is 0 Å². The molecule has 1 saturated heterocycles. The number of hydrogen-bond acceptors (Lipinski definition) is 4. The van der Waals surface area contributed by atoms with Crippen LogP contribution in [-0.2, 0) is 4.74 Å². The third-order valence-electron chi connectivity index (χ3n) is 3.13. The molecule has 1 fully saturated rings. The molecule has 2 rings (SSSR count). The smallest absolute Gasteiger partial charge is 0.137 e. The summed E-state index contributed by atoms with van der Waals surface area (Å²) in [6, 6.07) is 3.79. The maximum Gasteiger partial charge on any atom is 0.137 e. The van der Waals surface area contributed by atoms with Gasteiger partial charge in [0.25, 0.3) is 0 Å². The summed E-state index contributed by atoms with van der Waals surface area (Å²) in [5.41, 5.74) is 0.146. The molecule has 0 aliphatic carbocycles. The molecule has 2 heterocycles. The SMILES string of the molecule is CC(C)(C)NCC1CCC(COc2cccnc2)O1. The van der Waals surface area contributed by atoms with Crippen LogP contribution in [0.5, 0.6) is 5.75 Å². The molecule has 2 atom stereocenters. The van der Waals surface area contributed by atoms with Gasteiger partial charge in [0, 0.05) is 18.3 Å². The summed E-state index contributed by atoms with van der Waals surface area (Å²) in [5, 5.41) is 3.48. The van der Waals surface area contributed by atoms with Crippen molar-refractivity contribution in [3.63, 3.8) is 0 Å². The van der Waals surface area contributed by atoms with E-state index in [2.05, 4.69) is 31.1 Å². The van der Waals surface area contributed by atoms with Crippen LogP contribution in [-0.4, -0.2) is 35.9 Å². The Morgan fingerprint density at radius 2 is 2.16 bits per heavy atom. The Hall–Kier alpha value is -1.13. The Balaban J connectivity index is 1.68. The van der Waals surface area contributed by atoms with E-state index in [1.165, 1.54) is 0 Å². The zero-order valence-electron chi connectivity index (χ0n) is 12.1. The molecule has 4 heteroatoms. The summed E-state index contributed by atoms with van der Waals surface area (Å²) in [7, 11) is 0. The fourth-order valence-electron chi connectivity index (χ4n) is 2.09. The highest BCUT2D eigenvalue weighted by Gasteiger charge is 2.26. The monoisotopic (exact) mass is 264 g/mol. The molecule has 1 aliphatic rings. The fourth-order valence-corrected chi connectivity index (χ4v) is 2.09. The number of ether oxygens (including phenoxy) is 2. The third-order valence-corrected chi connectivity index (χ3v) is 3.13. The van der Waals surface area contributed by atoms with Gasteiger partial charge in [0.05, 0.1) is 18.4 Å². The van der Waals surface area contributed by atoms with Crippen molar-refractivity contribution in [1.29, 1.82) is 0 Å². The molecule has 0 aromatic carbocycles. The van der Waals surface area contributed by atoms with Gasteiger partial charge in [0.1, 0.15) is 12.4 Å². The number of aromatic nitrogens is 1. The first kappa shape index (κ1) is 14.3. The molecule has 0 radical (unpaired) electrons. The number of rotatable bonds is 5. The van der Waals surface area contributed by atoms with E-state index in [-0.39, 0.29) is 11.6 Å². The third kappa shape index (κ3) is 5.17. The minimum atomic E-state index is 0.146. The van der Waals surface area contributed by atoms with Gasteiger partial charge in [0.15, 0.2) is 0 Å². The molecule has 1 aliphatic heterocycles. The van der Waals surface area contributed by atoms with E-state index in [9.17, 15) is 0 Å². The molecule has 1 N–H and O–H groups in total. The minimum Gasteiger partial charge on any atom is -0.489 e. The molecule has 0 bridgehead atoms. The first-order chi connectivity index (χ1) is 9.03. The highest BCUT2D eigenvalue weighted by molar-refractivity contribution is 5.15.